The number of alkyl halides is 3. The molecular weight excluding hydrogens is 569 g/mol. The third kappa shape index (κ3) is 5.98. The van der Waals surface area contributed by atoms with E-state index in [1.54, 1.807) is 37.4 Å². The molecule has 6 rings (SSSR count). The number of benzene rings is 2. The second-order valence-electron chi connectivity index (χ2n) is 10.2. The molecule has 2 N–H and O–H groups in total. The van der Waals surface area contributed by atoms with Crippen LogP contribution in [-0.4, -0.2) is 44.4 Å². The van der Waals surface area contributed by atoms with Crippen LogP contribution < -0.4 is 15.4 Å². The van der Waals surface area contributed by atoms with Crippen LogP contribution in [0.15, 0.2) is 60.9 Å². The van der Waals surface area contributed by atoms with Gasteiger partial charge in [-0.05, 0) is 50.6 Å². The maximum absolute atomic E-state index is 14.9. The highest BCUT2D eigenvalue weighted by Crippen LogP contribution is 2.33. The maximum atomic E-state index is 14.9. The first-order valence-corrected chi connectivity index (χ1v) is 13.6. The number of para-hydroxylation sites is 1. The smallest absolute Gasteiger partial charge is 0.433 e. The summed E-state index contributed by atoms with van der Waals surface area (Å²) in [5.74, 6) is -0.577. The van der Waals surface area contributed by atoms with Crippen molar-refractivity contribution in [2.75, 3.05) is 25.0 Å². The molecule has 2 aromatic carbocycles. The minimum absolute atomic E-state index is 0.0926. The zero-order chi connectivity index (χ0) is 30.1. The van der Waals surface area contributed by atoms with Gasteiger partial charge < -0.3 is 15.4 Å². The zero-order valence-electron chi connectivity index (χ0n) is 22.9. The molecule has 1 aliphatic heterocycles. The zero-order valence-corrected chi connectivity index (χ0v) is 22.9. The van der Waals surface area contributed by atoms with E-state index in [1.165, 1.54) is 10.7 Å². The minimum Gasteiger partial charge on any atom is -0.494 e. The average molecular weight is 596 g/mol. The van der Waals surface area contributed by atoms with E-state index >= 15 is 0 Å². The van der Waals surface area contributed by atoms with E-state index in [4.69, 9.17) is 9.72 Å². The molecule has 0 atom stereocenters. The van der Waals surface area contributed by atoms with Crippen molar-refractivity contribution < 1.29 is 26.7 Å². The molecule has 0 aliphatic carbocycles. The van der Waals surface area contributed by atoms with E-state index < -0.39 is 23.5 Å². The highest BCUT2D eigenvalue weighted by molar-refractivity contribution is 5.92. The van der Waals surface area contributed by atoms with Gasteiger partial charge in [0.15, 0.2) is 5.82 Å². The summed E-state index contributed by atoms with van der Waals surface area (Å²) in [5.41, 5.74) is 0.619. The van der Waals surface area contributed by atoms with Gasteiger partial charge in [0.05, 0.1) is 18.7 Å². The van der Waals surface area contributed by atoms with Crippen molar-refractivity contribution in [1.29, 1.82) is 0 Å². The fraction of sp³-hybridized carbons (Fsp3) is 0.267. The van der Waals surface area contributed by atoms with Gasteiger partial charge in [0, 0.05) is 46.7 Å². The first-order chi connectivity index (χ1) is 20.7. The topological polar surface area (TPSA) is 89.8 Å². The molecule has 1 aliphatic rings. The number of hydrogen-bond acceptors (Lipinski definition) is 7. The molecule has 0 unspecified atom stereocenters. The summed E-state index contributed by atoms with van der Waals surface area (Å²) in [6.07, 6.45) is -1.28. The Kier molecular flexibility index (Phi) is 7.65. The average Bonchev–Trinajstić information content (AvgIpc) is 3.31. The summed E-state index contributed by atoms with van der Waals surface area (Å²) in [6.45, 7) is 3.39. The molecule has 4 heterocycles. The number of ether oxygens (including phenoxy) is 1. The lowest BCUT2D eigenvalue weighted by Gasteiger charge is -2.27. The molecule has 1 saturated heterocycles. The molecule has 0 spiro atoms. The van der Waals surface area contributed by atoms with E-state index in [0.717, 1.165) is 43.0 Å². The number of halogens is 5. The molecule has 1 fully saturated rings. The number of rotatable bonds is 9. The summed E-state index contributed by atoms with van der Waals surface area (Å²) in [5, 5.41) is 11.5. The lowest BCUT2D eigenvalue weighted by atomic mass is 9.95. The number of hydrogen-bond donors (Lipinski definition) is 2. The van der Waals surface area contributed by atoms with E-state index in [0.29, 0.717) is 34.8 Å². The van der Waals surface area contributed by atoms with E-state index in [-0.39, 0.29) is 36.0 Å². The Morgan fingerprint density at radius 2 is 1.81 bits per heavy atom. The van der Waals surface area contributed by atoms with Crippen LogP contribution in [-0.2, 0) is 19.1 Å². The monoisotopic (exact) mass is 595 g/mol. The fourth-order valence-electron chi connectivity index (χ4n) is 4.93. The van der Waals surface area contributed by atoms with Crippen LogP contribution >= 0.6 is 0 Å². The summed E-state index contributed by atoms with van der Waals surface area (Å²) in [4.78, 5) is 12.7. The standard InChI is InChI=1S/C30H26F5N7O/c1-2-43-20-11-23(31)22(24(32)12-20)16-42-25-6-4-3-5-21(25)27(41-42)29-38-15-18(9-17-13-36-14-17)28(40-29)39-19-7-8-37-26(10-19)30(33,34)35/h3-8,10-12,15,17,36H,2,9,13-14,16H2,1H3,(H,37,38,39,40). The number of anilines is 2. The van der Waals surface area contributed by atoms with E-state index in [2.05, 4.69) is 25.7 Å². The molecule has 8 nitrogen and oxygen atoms in total. The Balaban J connectivity index is 1.39. The molecule has 5 aromatic rings. The van der Waals surface area contributed by atoms with Gasteiger partial charge in [-0.1, -0.05) is 18.2 Å². The van der Waals surface area contributed by atoms with Crippen LogP contribution in [0, 0.1) is 17.6 Å². The van der Waals surface area contributed by atoms with Gasteiger partial charge in [-0.15, -0.1) is 0 Å². The van der Waals surface area contributed by atoms with Crippen molar-refractivity contribution in [3.05, 3.63) is 89.4 Å². The van der Waals surface area contributed by atoms with Gasteiger partial charge >= 0.3 is 6.18 Å². The molecule has 0 bridgehead atoms. The number of nitrogens with zero attached hydrogens (tertiary/aromatic N) is 5. The maximum Gasteiger partial charge on any atom is 0.433 e. The highest BCUT2D eigenvalue weighted by atomic mass is 19.4. The second-order valence-corrected chi connectivity index (χ2v) is 10.2. The minimum atomic E-state index is -4.61. The molecule has 0 radical (unpaired) electrons. The van der Waals surface area contributed by atoms with Gasteiger partial charge in [-0.2, -0.15) is 18.3 Å². The number of fused-ring (bicyclic) bond motifs is 1. The quantitative estimate of drug-likeness (QED) is 0.198. The van der Waals surface area contributed by atoms with Crippen LogP contribution in [0.25, 0.3) is 22.4 Å². The second kappa shape index (κ2) is 11.6. The Labute approximate surface area is 243 Å². The van der Waals surface area contributed by atoms with Gasteiger partial charge in [0.2, 0.25) is 0 Å². The Hall–Kier alpha value is -4.65. The molecular formula is C30H26F5N7O. The summed E-state index contributed by atoms with van der Waals surface area (Å²) >= 11 is 0. The van der Waals surface area contributed by atoms with Gasteiger partial charge in [-0.3, -0.25) is 9.67 Å². The summed E-state index contributed by atoms with van der Waals surface area (Å²) in [7, 11) is 0. The van der Waals surface area contributed by atoms with Gasteiger partial charge in [0.25, 0.3) is 0 Å². The molecule has 3 aromatic heterocycles. The predicted molar refractivity (Wildman–Crippen MR) is 150 cm³/mol. The summed E-state index contributed by atoms with van der Waals surface area (Å²) < 4.78 is 76.5. The summed E-state index contributed by atoms with van der Waals surface area (Å²) in [6, 6.07) is 11.7. The fourth-order valence-corrected chi connectivity index (χ4v) is 4.93. The molecule has 13 heteroatoms. The Morgan fingerprint density at radius 3 is 2.51 bits per heavy atom. The number of pyridine rings is 1. The van der Waals surface area contributed by atoms with E-state index in [1.807, 2.05) is 0 Å². The molecule has 43 heavy (non-hydrogen) atoms. The number of aromatic nitrogens is 5. The van der Waals surface area contributed by atoms with E-state index in [9.17, 15) is 22.0 Å². The lowest BCUT2D eigenvalue weighted by Crippen LogP contribution is -2.43. The van der Waals surface area contributed by atoms with Crippen LogP contribution in [0.1, 0.15) is 23.7 Å². The molecule has 222 valence electrons. The first-order valence-electron chi connectivity index (χ1n) is 13.6. The van der Waals surface area contributed by atoms with Gasteiger partial charge in [0.1, 0.15) is 34.6 Å². The predicted octanol–water partition coefficient (Wildman–Crippen LogP) is 6.14. The van der Waals surface area contributed by atoms with Crippen molar-refractivity contribution >= 4 is 22.4 Å². The highest BCUT2D eigenvalue weighted by Gasteiger charge is 2.32. The molecule has 0 amide bonds. The van der Waals surface area contributed by atoms with Gasteiger partial charge in [-0.25, -0.2) is 18.7 Å². The normalized spacial score (nSPS) is 13.7. The number of nitrogens with one attached hydrogen (secondary N) is 2. The van der Waals surface area contributed by atoms with Crippen LogP contribution in [0.2, 0.25) is 0 Å². The van der Waals surface area contributed by atoms with Crippen molar-refractivity contribution in [3.8, 4) is 17.3 Å². The van der Waals surface area contributed by atoms with Crippen molar-refractivity contribution in [2.24, 2.45) is 5.92 Å². The Morgan fingerprint density at radius 1 is 1.05 bits per heavy atom. The van der Waals surface area contributed by atoms with Crippen molar-refractivity contribution in [2.45, 2.75) is 26.1 Å². The first kappa shape index (κ1) is 28.5. The van der Waals surface area contributed by atoms with Crippen molar-refractivity contribution in [1.82, 2.24) is 30.0 Å². The van der Waals surface area contributed by atoms with Crippen LogP contribution in [0.3, 0.4) is 0 Å². The largest absolute Gasteiger partial charge is 0.494 e. The lowest BCUT2D eigenvalue weighted by molar-refractivity contribution is -0.141. The Bertz CT molecular complexity index is 1760. The third-order valence-electron chi connectivity index (χ3n) is 7.16. The SMILES string of the molecule is CCOc1cc(F)c(Cn2nc(-c3ncc(CC4CNC4)c(Nc4ccnc(C(F)(F)F)c4)n3)c3ccccc32)c(F)c1. The van der Waals surface area contributed by atoms with Crippen LogP contribution in [0.5, 0.6) is 5.75 Å². The van der Waals surface area contributed by atoms with Crippen molar-refractivity contribution in [3.63, 3.8) is 0 Å². The molecule has 0 saturated carbocycles. The third-order valence-corrected chi connectivity index (χ3v) is 7.16. The van der Waals surface area contributed by atoms with Crippen LogP contribution in [0.4, 0.5) is 33.5 Å².